The summed E-state index contributed by atoms with van der Waals surface area (Å²) < 4.78 is 4.82. The number of thioether (sulfide) groups is 1. The van der Waals surface area contributed by atoms with Crippen molar-refractivity contribution in [1.29, 1.82) is 0 Å². The van der Waals surface area contributed by atoms with Crippen LogP contribution in [0.15, 0.2) is 50.5 Å². The number of hydrogen-bond acceptors (Lipinski definition) is 5. The Morgan fingerprint density at radius 3 is 2.63 bits per heavy atom. The van der Waals surface area contributed by atoms with Gasteiger partial charge in [0.15, 0.2) is 5.78 Å². The van der Waals surface area contributed by atoms with Crippen LogP contribution < -0.4 is 5.63 Å². The van der Waals surface area contributed by atoms with E-state index in [0.29, 0.717) is 0 Å². The quantitative estimate of drug-likeness (QED) is 0.686. The molecule has 0 aliphatic carbocycles. The lowest BCUT2D eigenvalue weighted by atomic mass is 10.2. The van der Waals surface area contributed by atoms with Crippen molar-refractivity contribution in [2.75, 3.05) is 5.75 Å². The van der Waals surface area contributed by atoms with Gasteiger partial charge in [0.1, 0.15) is 17.1 Å². The number of carbonyl (C=O) groups is 1. The second-order valence-corrected chi connectivity index (χ2v) is 4.98. The van der Waals surface area contributed by atoms with E-state index in [0.717, 1.165) is 4.90 Å². The van der Waals surface area contributed by atoms with Crippen LogP contribution in [-0.4, -0.2) is 16.6 Å². The minimum Gasteiger partial charge on any atom is -0.507 e. The van der Waals surface area contributed by atoms with Crippen LogP contribution in [-0.2, 0) is 0 Å². The van der Waals surface area contributed by atoms with Gasteiger partial charge in [0, 0.05) is 11.0 Å². The molecule has 0 atom stereocenters. The summed E-state index contributed by atoms with van der Waals surface area (Å²) in [7, 11) is 0. The number of rotatable bonds is 4. The van der Waals surface area contributed by atoms with Crippen LogP contribution >= 0.6 is 11.8 Å². The number of Topliss-reactive ketones (excluding diaryl/α,β-unsaturated/α-hetero) is 1. The minimum absolute atomic E-state index is 0.0748. The van der Waals surface area contributed by atoms with Crippen molar-refractivity contribution in [1.82, 2.24) is 0 Å². The highest BCUT2D eigenvalue weighted by Gasteiger charge is 2.18. The highest BCUT2D eigenvalue weighted by Crippen LogP contribution is 2.21. The van der Waals surface area contributed by atoms with Crippen molar-refractivity contribution < 1.29 is 14.3 Å². The molecule has 0 saturated heterocycles. The minimum atomic E-state index is -0.795. The smallest absolute Gasteiger partial charge is 0.350 e. The highest BCUT2D eigenvalue weighted by molar-refractivity contribution is 8.00. The van der Waals surface area contributed by atoms with E-state index in [-0.39, 0.29) is 22.8 Å². The zero-order valence-corrected chi connectivity index (χ0v) is 11.1. The lowest BCUT2D eigenvalue weighted by Crippen LogP contribution is -2.16. The van der Waals surface area contributed by atoms with Gasteiger partial charge >= 0.3 is 5.63 Å². The molecule has 0 aliphatic heterocycles. The molecule has 5 heteroatoms. The Kier molecular flexibility index (Phi) is 4.06. The molecule has 1 aromatic heterocycles. The highest BCUT2D eigenvalue weighted by atomic mass is 32.2. The summed E-state index contributed by atoms with van der Waals surface area (Å²) in [5.41, 5.74) is -1.08. The number of carbonyl (C=O) groups excluding carboxylic acids is 1. The molecule has 1 N–H and O–H groups in total. The number of aryl methyl sites for hydroxylation is 1. The fourth-order valence-electron chi connectivity index (χ4n) is 1.59. The van der Waals surface area contributed by atoms with Gasteiger partial charge in [-0.05, 0) is 19.1 Å². The van der Waals surface area contributed by atoms with E-state index < -0.39 is 11.4 Å². The van der Waals surface area contributed by atoms with E-state index >= 15 is 0 Å². The molecule has 0 amide bonds. The van der Waals surface area contributed by atoms with Crippen molar-refractivity contribution in [3.63, 3.8) is 0 Å². The molecular formula is C14H12O4S. The van der Waals surface area contributed by atoms with Crippen LogP contribution in [0.3, 0.4) is 0 Å². The van der Waals surface area contributed by atoms with Gasteiger partial charge in [-0.2, -0.15) is 0 Å². The summed E-state index contributed by atoms with van der Waals surface area (Å²) >= 11 is 1.30. The fraction of sp³-hybridized carbons (Fsp3) is 0.143. The van der Waals surface area contributed by atoms with Gasteiger partial charge in [-0.3, -0.25) is 4.79 Å². The Hall–Kier alpha value is -2.01. The molecule has 2 aromatic rings. The van der Waals surface area contributed by atoms with Crippen LogP contribution in [0.4, 0.5) is 0 Å². The lowest BCUT2D eigenvalue weighted by molar-refractivity contribution is 0.101. The fourth-order valence-corrected chi connectivity index (χ4v) is 2.38. The molecule has 0 unspecified atom stereocenters. The van der Waals surface area contributed by atoms with E-state index in [1.54, 1.807) is 0 Å². The second-order valence-electron chi connectivity index (χ2n) is 3.93. The van der Waals surface area contributed by atoms with Crippen LogP contribution in [0.2, 0.25) is 0 Å². The first-order valence-corrected chi connectivity index (χ1v) is 6.61. The third-order valence-corrected chi connectivity index (χ3v) is 3.46. The molecule has 4 nitrogen and oxygen atoms in total. The van der Waals surface area contributed by atoms with E-state index in [1.807, 2.05) is 30.3 Å². The topological polar surface area (TPSA) is 67.5 Å². The Morgan fingerprint density at radius 2 is 2.00 bits per heavy atom. The third-order valence-electron chi connectivity index (χ3n) is 2.45. The average Bonchev–Trinajstić information content (AvgIpc) is 2.36. The Morgan fingerprint density at radius 1 is 1.32 bits per heavy atom. The Labute approximate surface area is 114 Å². The van der Waals surface area contributed by atoms with Crippen LogP contribution in [0.5, 0.6) is 5.75 Å². The van der Waals surface area contributed by atoms with Gasteiger partial charge in [-0.15, -0.1) is 11.8 Å². The monoisotopic (exact) mass is 276 g/mol. The molecule has 0 bridgehead atoms. The first-order chi connectivity index (χ1) is 9.08. The molecule has 98 valence electrons. The van der Waals surface area contributed by atoms with Gasteiger partial charge < -0.3 is 9.52 Å². The summed E-state index contributed by atoms with van der Waals surface area (Å²) in [6, 6.07) is 10.6. The molecule has 0 aliphatic rings. The van der Waals surface area contributed by atoms with Crippen molar-refractivity contribution >= 4 is 17.5 Å². The maximum Gasteiger partial charge on any atom is 0.350 e. The summed E-state index contributed by atoms with van der Waals surface area (Å²) in [4.78, 5) is 24.4. The predicted molar refractivity (Wildman–Crippen MR) is 72.9 cm³/mol. The largest absolute Gasteiger partial charge is 0.507 e. The molecule has 0 spiro atoms. The van der Waals surface area contributed by atoms with Gasteiger partial charge in [0.25, 0.3) is 0 Å². The van der Waals surface area contributed by atoms with Crippen molar-refractivity contribution in [2.24, 2.45) is 0 Å². The third kappa shape index (κ3) is 3.26. The zero-order chi connectivity index (χ0) is 13.8. The first kappa shape index (κ1) is 13.4. The molecule has 0 radical (unpaired) electrons. The van der Waals surface area contributed by atoms with Gasteiger partial charge in [0.05, 0.1) is 5.75 Å². The van der Waals surface area contributed by atoms with Crippen molar-refractivity contribution in [3.05, 3.63) is 58.1 Å². The maximum absolute atomic E-state index is 11.9. The number of benzene rings is 1. The van der Waals surface area contributed by atoms with Crippen molar-refractivity contribution in [2.45, 2.75) is 11.8 Å². The normalized spacial score (nSPS) is 10.4. The van der Waals surface area contributed by atoms with Crippen molar-refractivity contribution in [3.8, 4) is 5.75 Å². The maximum atomic E-state index is 11.9. The first-order valence-electron chi connectivity index (χ1n) is 5.62. The van der Waals surface area contributed by atoms with E-state index in [2.05, 4.69) is 0 Å². The summed E-state index contributed by atoms with van der Waals surface area (Å²) in [6.07, 6.45) is 0. The molecule has 0 fully saturated rings. The summed E-state index contributed by atoms with van der Waals surface area (Å²) in [5, 5.41) is 9.65. The number of aromatic hydroxyl groups is 1. The molecular weight excluding hydrogens is 264 g/mol. The van der Waals surface area contributed by atoms with Crippen LogP contribution in [0.1, 0.15) is 16.1 Å². The van der Waals surface area contributed by atoms with E-state index in [4.69, 9.17) is 4.42 Å². The molecule has 1 heterocycles. The zero-order valence-electron chi connectivity index (χ0n) is 10.3. The Balaban J connectivity index is 2.15. The predicted octanol–water partition coefficient (Wildman–Crippen LogP) is 2.63. The summed E-state index contributed by atoms with van der Waals surface area (Å²) in [6.45, 7) is 1.54. The molecule has 0 saturated carbocycles. The number of hydrogen-bond donors (Lipinski definition) is 1. The summed E-state index contributed by atoms with van der Waals surface area (Å²) in [5.74, 6) is -0.423. The SMILES string of the molecule is Cc1cc(O)c(C(=O)CSc2ccccc2)c(=O)o1. The van der Waals surface area contributed by atoms with Crippen LogP contribution in [0.25, 0.3) is 0 Å². The standard InChI is InChI=1S/C14H12O4S/c1-9-7-11(15)13(14(17)18-9)12(16)8-19-10-5-3-2-4-6-10/h2-7,15H,8H2,1H3. The van der Waals surface area contributed by atoms with Gasteiger partial charge in [-0.25, -0.2) is 4.79 Å². The van der Waals surface area contributed by atoms with E-state index in [9.17, 15) is 14.7 Å². The Bertz CT molecular complexity index is 646. The number of ketones is 1. The average molecular weight is 276 g/mol. The lowest BCUT2D eigenvalue weighted by Gasteiger charge is -2.03. The molecule has 2 rings (SSSR count). The molecule has 1 aromatic carbocycles. The van der Waals surface area contributed by atoms with Crippen LogP contribution in [0, 0.1) is 6.92 Å². The molecule has 19 heavy (non-hydrogen) atoms. The second kappa shape index (κ2) is 5.75. The van der Waals surface area contributed by atoms with Gasteiger partial charge in [0.2, 0.25) is 0 Å². The van der Waals surface area contributed by atoms with Gasteiger partial charge in [-0.1, -0.05) is 18.2 Å². The van der Waals surface area contributed by atoms with E-state index in [1.165, 1.54) is 24.8 Å².